The molecule has 0 aliphatic carbocycles. The monoisotopic (exact) mass is 379 g/mol. The molecule has 1 atom stereocenters. The molecule has 1 N–H and O–H groups in total. The van der Waals surface area contributed by atoms with Crippen LogP contribution >= 0.6 is 12.4 Å². The van der Waals surface area contributed by atoms with Gasteiger partial charge in [-0.1, -0.05) is 30.3 Å². The van der Waals surface area contributed by atoms with Crippen molar-refractivity contribution < 1.29 is 9.59 Å². The zero-order valence-electron chi connectivity index (χ0n) is 15.5. The molecule has 144 valence electrons. The predicted molar refractivity (Wildman–Crippen MR) is 105 cm³/mol. The molecule has 2 fully saturated rings. The van der Waals surface area contributed by atoms with Crippen LogP contribution in [0.2, 0.25) is 0 Å². The molecule has 0 aromatic heterocycles. The van der Waals surface area contributed by atoms with Gasteiger partial charge in [-0.2, -0.15) is 0 Å². The third-order valence-corrected chi connectivity index (χ3v) is 5.48. The van der Waals surface area contributed by atoms with Crippen molar-refractivity contribution in [3.63, 3.8) is 0 Å². The molecule has 3 rings (SSSR count). The number of benzene rings is 1. The third kappa shape index (κ3) is 4.98. The second-order valence-electron chi connectivity index (χ2n) is 7.23. The SMILES string of the molecule is CNCC1CCN(C(=O)C2CCCN2C(=O)Cc2ccccc2)CC1.Cl. The number of hydrogen-bond donors (Lipinski definition) is 1. The molecule has 2 heterocycles. The van der Waals surface area contributed by atoms with Gasteiger partial charge in [0.15, 0.2) is 0 Å². The normalized spacial score (nSPS) is 20.7. The summed E-state index contributed by atoms with van der Waals surface area (Å²) in [7, 11) is 1.98. The molecule has 0 saturated carbocycles. The largest absolute Gasteiger partial charge is 0.341 e. The first kappa shape index (κ1) is 20.7. The topological polar surface area (TPSA) is 52.7 Å². The molecule has 26 heavy (non-hydrogen) atoms. The number of rotatable bonds is 5. The molecule has 2 aliphatic rings. The van der Waals surface area contributed by atoms with Gasteiger partial charge >= 0.3 is 0 Å². The Kier molecular flexibility index (Phi) is 7.91. The van der Waals surface area contributed by atoms with Crippen molar-refractivity contribution in [2.24, 2.45) is 5.92 Å². The second-order valence-corrected chi connectivity index (χ2v) is 7.23. The van der Waals surface area contributed by atoms with E-state index >= 15 is 0 Å². The molecule has 0 spiro atoms. The predicted octanol–water partition coefficient (Wildman–Crippen LogP) is 2.10. The number of amides is 2. The summed E-state index contributed by atoms with van der Waals surface area (Å²) in [6, 6.07) is 9.54. The van der Waals surface area contributed by atoms with E-state index in [1.807, 2.05) is 47.2 Å². The Morgan fingerprint density at radius 1 is 1.08 bits per heavy atom. The first-order valence-electron chi connectivity index (χ1n) is 9.46. The van der Waals surface area contributed by atoms with Crippen molar-refractivity contribution in [2.45, 2.75) is 38.1 Å². The van der Waals surface area contributed by atoms with Crippen molar-refractivity contribution in [3.8, 4) is 0 Å². The first-order chi connectivity index (χ1) is 12.2. The molecule has 2 saturated heterocycles. The molecular weight excluding hydrogens is 350 g/mol. The molecule has 0 bridgehead atoms. The van der Waals surface area contributed by atoms with Crippen LogP contribution < -0.4 is 5.32 Å². The average molecular weight is 380 g/mol. The van der Waals surface area contributed by atoms with Crippen LogP contribution in [0.15, 0.2) is 30.3 Å². The quantitative estimate of drug-likeness (QED) is 0.852. The van der Waals surface area contributed by atoms with Crippen molar-refractivity contribution in [2.75, 3.05) is 33.2 Å². The highest BCUT2D eigenvalue weighted by Gasteiger charge is 2.37. The summed E-state index contributed by atoms with van der Waals surface area (Å²) in [6.45, 7) is 3.37. The van der Waals surface area contributed by atoms with Gasteiger partial charge in [-0.25, -0.2) is 0 Å². The maximum Gasteiger partial charge on any atom is 0.245 e. The van der Waals surface area contributed by atoms with Crippen LogP contribution in [0.3, 0.4) is 0 Å². The fraction of sp³-hybridized carbons (Fsp3) is 0.600. The van der Waals surface area contributed by atoms with E-state index < -0.39 is 0 Å². The lowest BCUT2D eigenvalue weighted by Crippen LogP contribution is -2.50. The van der Waals surface area contributed by atoms with Crippen LogP contribution in [0.25, 0.3) is 0 Å². The summed E-state index contributed by atoms with van der Waals surface area (Å²) in [4.78, 5) is 29.4. The van der Waals surface area contributed by atoms with Crippen LogP contribution in [0.5, 0.6) is 0 Å². The first-order valence-corrected chi connectivity index (χ1v) is 9.46. The van der Waals surface area contributed by atoms with Gasteiger partial charge in [0.2, 0.25) is 11.8 Å². The van der Waals surface area contributed by atoms with Gasteiger partial charge in [-0.05, 0) is 50.8 Å². The zero-order valence-corrected chi connectivity index (χ0v) is 16.3. The van der Waals surface area contributed by atoms with Gasteiger partial charge in [0.05, 0.1) is 6.42 Å². The highest BCUT2D eigenvalue weighted by Crippen LogP contribution is 2.24. The fourth-order valence-corrected chi connectivity index (χ4v) is 4.05. The van der Waals surface area contributed by atoms with E-state index in [-0.39, 0.29) is 30.3 Å². The summed E-state index contributed by atoms with van der Waals surface area (Å²) in [5, 5.41) is 3.23. The van der Waals surface area contributed by atoms with E-state index in [4.69, 9.17) is 0 Å². The third-order valence-electron chi connectivity index (χ3n) is 5.48. The van der Waals surface area contributed by atoms with Crippen molar-refractivity contribution >= 4 is 24.2 Å². The number of piperidine rings is 1. The lowest BCUT2D eigenvalue weighted by atomic mass is 9.96. The maximum atomic E-state index is 12.9. The van der Waals surface area contributed by atoms with Crippen LogP contribution in [-0.2, 0) is 16.0 Å². The molecule has 0 radical (unpaired) electrons. The molecular formula is C20H30ClN3O2. The summed E-state index contributed by atoms with van der Waals surface area (Å²) in [6.07, 6.45) is 4.21. The number of halogens is 1. The van der Waals surface area contributed by atoms with Crippen molar-refractivity contribution in [3.05, 3.63) is 35.9 Å². The van der Waals surface area contributed by atoms with E-state index in [2.05, 4.69) is 5.32 Å². The molecule has 2 aliphatic heterocycles. The number of carbonyl (C=O) groups excluding carboxylic acids is 2. The van der Waals surface area contributed by atoms with Gasteiger partial charge < -0.3 is 15.1 Å². The van der Waals surface area contributed by atoms with Gasteiger partial charge in [-0.15, -0.1) is 12.4 Å². The maximum absolute atomic E-state index is 12.9. The summed E-state index contributed by atoms with van der Waals surface area (Å²) >= 11 is 0. The second kappa shape index (κ2) is 9.93. The molecule has 1 aromatic carbocycles. The van der Waals surface area contributed by atoms with Crippen molar-refractivity contribution in [1.82, 2.24) is 15.1 Å². The summed E-state index contributed by atoms with van der Waals surface area (Å²) in [5.74, 6) is 0.891. The molecule has 6 heteroatoms. The van der Waals surface area contributed by atoms with E-state index in [1.54, 1.807) is 0 Å². The minimum Gasteiger partial charge on any atom is -0.341 e. The van der Waals surface area contributed by atoms with E-state index in [1.165, 1.54) is 0 Å². The van der Waals surface area contributed by atoms with Gasteiger partial charge in [0.1, 0.15) is 6.04 Å². The van der Waals surface area contributed by atoms with Crippen LogP contribution in [0.4, 0.5) is 0 Å². The van der Waals surface area contributed by atoms with Gasteiger partial charge in [-0.3, -0.25) is 9.59 Å². The smallest absolute Gasteiger partial charge is 0.245 e. The van der Waals surface area contributed by atoms with E-state index in [9.17, 15) is 9.59 Å². The van der Waals surface area contributed by atoms with Crippen molar-refractivity contribution in [1.29, 1.82) is 0 Å². The van der Waals surface area contributed by atoms with Crippen LogP contribution in [-0.4, -0.2) is 60.9 Å². The molecule has 2 amide bonds. The standard InChI is InChI=1S/C20H29N3O2.ClH/c1-21-15-17-9-12-22(13-10-17)20(25)18-8-5-11-23(18)19(24)14-16-6-3-2-4-7-16;/h2-4,6-7,17-18,21H,5,8-15H2,1H3;1H. The summed E-state index contributed by atoms with van der Waals surface area (Å²) < 4.78 is 0. The minimum atomic E-state index is -0.253. The van der Waals surface area contributed by atoms with Crippen LogP contribution in [0.1, 0.15) is 31.2 Å². The molecule has 1 aromatic rings. The molecule has 1 unspecified atom stereocenters. The average Bonchev–Trinajstić information content (AvgIpc) is 3.13. The number of nitrogens with one attached hydrogen (secondary N) is 1. The number of likely N-dealkylation sites (tertiary alicyclic amines) is 2. The molecule has 5 nitrogen and oxygen atoms in total. The summed E-state index contributed by atoms with van der Waals surface area (Å²) in [5.41, 5.74) is 1.01. The minimum absolute atomic E-state index is 0. The lowest BCUT2D eigenvalue weighted by molar-refractivity contribution is -0.144. The van der Waals surface area contributed by atoms with Gasteiger partial charge in [0.25, 0.3) is 0 Å². The Hall–Kier alpha value is -1.59. The highest BCUT2D eigenvalue weighted by atomic mass is 35.5. The highest BCUT2D eigenvalue weighted by molar-refractivity contribution is 5.89. The Morgan fingerprint density at radius 2 is 1.77 bits per heavy atom. The Labute approximate surface area is 162 Å². The van der Waals surface area contributed by atoms with Gasteiger partial charge in [0, 0.05) is 19.6 Å². The number of nitrogens with zero attached hydrogens (tertiary/aromatic N) is 2. The number of carbonyl (C=O) groups is 2. The van der Waals surface area contributed by atoms with Crippen LogP contribution in [0, 0.1) is 5.92 Å². The Balaban J connectivity index is 0.00000243. The zero-order chi connectivity index (χ0) is 17.6. The van der Waals surface area contributed by atoms with E-state index in [0.29, 0.717) is 18.9 Å². The Bertz CT molecular complexity index is 588. The Morgan fingerprint density at radius 3 is 2.42 bits per heavy atom. The lowest BCUT2D eigenvalue weighted by Gasteiger charge is -2.35. The number of hydrogen-bond acceptors (Lipinski definition) is 3. The van der Waals surface area contributed by atoms with E-state index in [0.717, 1.165) is 50.9 Å². The fourth-order valence-electron chi connectivity index (χ4n) is 4.05.